The number of hydrogen-bond acceptors (Lipinski definition) is 6. The van der Waals surface area contributed by atoms with Gasteiger partial charge in [0, 0.05) is 24.9 Å². The van der Waals surface area contributed by atoms with Crippen LogP contribution in [0.15, 0.2) is 30.3 Å². The second kappa shape index (κ2) is 20.0. The molecular weight excluding hydrogens is 632 g/mol. The van der Waals surface area contributed by atoms with Gasteiger partial charge in [0.15, 0.2) is 0 Å². The van der Waals surface area contributed by atoms with Gasteiger partial charge in [0.05, 0.1) is 12.1 Å². The maximum atomic E-state index is 14.4. The van der Waals surface area contributed by atoms with Crippen LogP contribution in [0.3, 0.4) is 0 Å². The van der Waals surface area contributed by atoms with Crippen LogP contribution >= 0.6 is 0 Å². The Morgan fingerprint density at radius 1 is 0.980 bits per heavy atom. The molecule has 0 aromatic heterocycles. The lowest BCUT2D eigenvalue weighted by Crippen LogP contribution is -2.62. The van der Waals surface area contributed by atoms with Gasteiger partial charge in [0.1, 0.15) is 17.7 Å². The van der Waals surface area contributed by atoms with Crippen LogP contribution in [0.2, 0.25) is 0 Å². The number of aliphatic hydroxyl groups excluding tert-OH is 1. The highest BCUT2D eigenvalue weighted by atomic mass is 16.6. The van der Waals surface area contributed by atoms with Gasteiger partial charge in [-0.2, -0.15) is 0 Å². The van der Waals surface area contributed by atoms with Crippen molar-refractivity contribution in [2.75, 3.05) is 13.1 Å². The van der Waals surface area contributed by atoms with Gasteiger partial charge in [0.25, 0.3) is 0 Å². The number of likely N-dealkylation sites (tertiary alicyclic amines) is 1. The van der Waals surface area contributed by atoms with Crippen LogP contribution in [0, 0.1) is 17.8 Å². The molecule has 3 rings (SSSR count). The van der Waals surface area contributed by atoms with E-state index in [1.807, 2.05) is 51.1 Å². The van der Waals surface area contributed by atoms with Crippen LogP contribution in [0.5, 0.6) is 0 Å². The molecule has 1 aliphatic carbocycles. The summed E-state index contributed by atoms with van der Waals surface area (Å²) in [5.74, 6) is -0.972. The molecule has 1 aliphatic heterocycles. The average molecular weight is 699 g/mol. The number of hydrogen-bond donors (Lipinski definition) is 4. The van der Waals surface area contributed by atoms with Gasteiger partial charge in [-0.1, -0.05) is 103 Å². The summed E-state index contributed by atoms with van der Waals surface area (Å²) >= 11 is 0. The summed E-state index contributed by atoms with van der Waals surface area (Å²) < 4.78 is 5.55. The van der Waals surface area contributed by atoms with Crippen molar-refractivity contribution < 1.29 is 29.0 Å². The van der Waals surface area contributed by atoms with E-state index < -0.39 is 41.8 Å². The predicted molar refractivity (Wildman–Crippen MR) is 197 cm³/mol. The minimum Gasteiger partial charge on any atom is -0.444 e. The Labute approximate surface area is 301 Å². The summed E-state index contributed by atoms with van der Waals surface area (Å²) in [4.78, 5) is 56.5. The first-order chi connectivity index (χ1) is 23.7. The molecule has 0 bridgehead atoms. The number of amides is 4. The lowest BCUT2D eigenvalue weighted by Gasteiger charge is -2.42. The topological polar surface area (TPSA) is 137 Å². The molecule has 1 saturated heterocycles. The molecule has 4 N–H and O–H groups in total. The zero-order valence-corrected chi connectivity index (χ0v) is 31.8. The Morgan fingerprint density at radius 3 is 2.26 bits per heavy atom. The molecule has 1 aromatic carbocycles. The number of carbonyl (C=O) groups excluding carboxylic acids is 4. The number of unbranched alkanes of at least 4 members (excludes halogenated alkanes) is 1. The highest BCUT2D eigenvalue weighted by Gasteiger charge is 2.44. The SMILES string of the molecule is CCCCNC(=O)[C@H](C[C@H](O)[C@H](CC1CCCCC1)NC(=O)[C@H](CCC)N1CC[C@H](c2ccccc2)[C@H](NC(=O)OC(C)(C)C)C1=O)C(C)C. The van der Waals surface area contributed by atoms with Crippen molar-refractivity contribution in [2.24, 2.45) is 17.8 Å². The van der Waals surface area contributed by atoms with E-state index in [9.17, 15) is 24.3 Å². The second-order valence-corrected chi connectivity index (χ2v) is 15.9. The number of benzene rings is 1. The van der Waals surface area contributed by atoms with Crippen LogP contribution in [0.25, 0.3) is 0 Å². The predicted octanol–water partition coefficient (Wildman–Crippen LogP) is 6.46. The molecule has 10 heteroatoms. The van der Waals surface area contributed by atoms with Crippen molar-refractivity contribution in [3.63, 3.8) is 0 Å². The van der Waals surface area contributed by atoms with Crippen LogP contribution in [-0.2, 0) is 19.1 Å². The third kappa shape index (κ3) is 12.6. The number of alkyl carbamates (subject to hydrolysis) is 1. The quantitative estimate of drug-likeness (QED) is 0.138. The lowest BCUT2D eigenvalue weighted by atomic mass is 9.81. The molecule has 282 valence electrons. The van der Waals surface area contributed by atoms with Gasteiger partial charge in [0.2, 0.25) is 17.7 Å². The van der Waals surface area contributed by atoms with E-state index in [0.717, 1.165) is 44.1 Å². The third-order valence-electron chi connectivity index (χ3n) is 10.3. The largest absolute Gasteiger partial charge is 0.444 e. The number of piperidine rings is 1. The molecule has 50 heavy (non-hydrogen) atoms. The van der Waals surface area contributed by atoms with E-state index >= 15 is 0 Å². The van der Waals surface area contributed by atoms with Crippen molar-refractivity contribution >= 4 is 23.8 Å². The van der Waals surface area contributed by atoms with Crippen molar-refractivity contribution in [3.8, 4) is 0 Å². The molecular formula is C40H66N4O6. The summed E-state index contributed by atoms with van der Waals surface area (Å²) in [6.45, 7) is 14.3. The maximum Gasteiger partial charge on any atom is 0.408 e. The Bertz CT molecular complexity index is 1210. The lowest BCUT2D eigenvalue weighted by molar-refractivity contribution is -0.146. The van der Waals surface area contributed by atoms with Crippen molar-refractivity contribution in [1.29, 1.82) is 0 Å². The Kier molecular flexibility index (Phi) is 16.5. The van der Waals surface area contributed by atoms with Gasteiger partial charge in [-0.25, -0.2) is 4.79 Å². The molecule has 1 heterocycles. The Morgan fingerprint density at radius 2 is 1.66 bits per heavy atom. The molecule has 0 unspecified atom stereocenters. The van der Waals surface area contributed by atoms with E-state index in [1.165, 1.54) is 6.42 Å². The molecule has 0 spiro atoms. The van der Waals surface area contributed by atoms with E-state index in [0.29, 0.717) is 44.7 Å². The Hall–Kier alpha value is -3.14. The van der Waals surface area contributed by atoms with Crippen LogP contribution in [0.4, 0.5) is 4.79 Å². The van der Waals surface area contributed by atoms with E-state index in [4.69, 9.17) is 4.74 Å². The molecule has 1 saturated carbocycles. The van der Waals surface area contributed by atoms with Crippen molar-refractivity contribution in [2.45, 2.75) is 161 Å². The summed E-state index contributed by atoms with van der Waals surface area (Å²) in [6.07, 6.45) is 8.36. The third-order valence-corrected chi connectivity index (χ3v) is 10.3. The number of carbonyl (C=O) groups is 4. The summed E-state index contributed by atoms with van der Waals surface area (Å²) in [6, 6.07) is 7.43. The minimum atomic E-state index is -0.923. The van der Waals surface area contributed by atoms with Gasteiger partial charge in [-0.15, -0.1) is 0 Å². The molecule has 6 atom stereocenters. The summed E-state index contributed by atoms with van der Waals surface area (Å²) in [5.41, 5.74) is 0.194. The molecule has 2 fully saturated rings. The fourth-order valence-electron chi connectivity index (χ4n) is 7.57. The number of ether oxygens (including phenoxy) is 1. The maximum absolute atomic E-state index is 14.4. The first-order valence-corrected chi connectivity index (χ1v) is 19.4. The highest BCUT2D eigenvalue weighted by Crippen LogP contribution is 2.33. The monoisotopic (exact) mass is 698 g/mol. The number of aliphatic hydroxyl groups is 1. The number of nitrogens with zero attached hydrogens (tertiary/aromatic N) is 1. The van der Waals surface area contributed by atoms with Crippen molar-refractivity contribution in [1.82, 2.24) is 20.9 Å². The molecule has 1 aromatic rings. The van der Waals surface area contributed by atoms with Gasteiger partial charge in [-0.05, 0) is 70.3 Å². The summed E-state index contributed by atoms with van der Waals surface area (Å²) in [5, 5.41) is 20.9. The zero-order valence-electron chi connectivity index (χ0n) is 31.8. The van der Waals surface area contributed by atoms with Gasteiger partial charge >= 0.3 is 6.09 Å². The van der Waals surface area contributed by atoms with Crippen molar-refractivity contribution in [3.05, 3.63) is 35.9 Å². The summed E-state index contributed by atoms with van der Waals surface area (Å²) in [7, 11) is 0. The molecule has 2 aliphatic rings. The molecule has 0 radical (unpaired) electrons. The number of rotatable bonds is 17. The highest BCUT2D eigenvalue weighted by molar-refractivity contribution is 5.92. The van der Waals surface area contributed by atoms with Crippen LogP contribution in [-0.4, -0.2) is 76.7 Å². The van der Waals surface area contributed by atoms with Crippen LogP contribution < -0.4 is 16.0 Å². The zero-order chi connectivity index (χ0) is 36.8. The molecule has 10 nitrogen and oxygen atoms in total. The molecule has 4 amide bonds. The second-order valence-electron chi connectivity index (χ2n) is 15.9. The first-order valence-electron chi connectivity index (χ1n) is 19.4. The van der Waals surface area contributed by atoms with E-state index in [2.05, 4.69) is 22.9 Å². The normalized spacial score (nSPS) is 21.2. The Balaban J connectivity index is 1.86. The average Bonchev–Trinajstić information content (AvgIpc) is 3.06. The van der Waals surface area contributed by atoms with Gasteiger partial charge in [-0.3, -0.25) is 14.4 Å². The fraction of sp³-hybridized carbons (Fsp3) is 0.750. The first kappa shape index (κ1) is 41.3. The number of nitrogens with one attached hydrogen (secondary N) is 3. The van der Waals surface area contributed by atoms with Gasteiger partial charge < -0.3 is 30.7 Å². The van der Waals surface area contributed by atoms with E-state index in [1.54, 1.807) is 25.7 Å². The minimum absolute atomic E-state index is 0.0167. The van der Waals surface area contributed by atoms with E-state index in [-0.39, 0.29) is 36.0 Å². The smallest absolute Gasteiger partial charge is 0.408 e. The fourth-order valence-corrected chi connectivity index (χ4v) is 7.57. The standard InChI is InChI=1S/C40H66N4O6/c1-8-10-23-41-36(46)31(27(3)4)26-34(45)32(25-28-18-13-11-14-19-28)42-37(47)33(17-9-2)44-24-22-30(29-20-15-12-16-21-29)35(38(44)48)43-39(49)50-40(5,6)7/h12,15-16,20-21,27-28,30-35,45H,8-11,13-14,17-19,22-26H2,1-7H3,(H,41,46)(H,42,47)(H,43,49)/t30-,31-,32+,33+,34+,35+/m1/s1. The van der Waals surface area contributed by atoms with Crippen LogP contribution in [0.1, 0.15) is 137 Å².